The summed E-state index contributed by atoms with van der Waals surface area (Å²) in [6.45, 7) is 7.22. The number of allylic oxidation sites excluding steroid dienone is 1. The second-order valence-electron chi connectivity index (χ2n) is 14.1. The number of carbonyl (C=O) groups excluding carboxylic acids is 4. The first-order valence-corrected chi connectivity index (χ1v) is 18.3. The number of amides is 3. The van der Waals surface area contributed by atoms with Crippen molar-refractivity contribution >= 4 is 46.2 Å². The second-order valence-corrected chi connectivity index (χ2v) is 15.0. The molecule has 0 spiro atoms. The molecule has 13 heteroatoms. The van der Waals surface area contributed by atoms with Gasteiger partial charge in [-0.05, 0) is 77.0 Å². The summed E-state index contributed by atoms with van der Waals surface area (Å²) in [6, 6.07) is 9.44. The fourth-order valence-corrected chi connectivity index (χ4v) is 7.35. The third-order valence-corrected chi connectivity index (χ3v) is 10.0. The fraction of sp³-hybridized carbons (Fsp3) is 0.514. The molecule has 266 valence electrons. The molecule has 3 amide bonds. The van der Waals surface area contributed by atoms with E-state index < -0.39 is 53.2 Å². The predicted octanol–water partition coefficient (Wildman–Crippen LogP) is 5.56. The molecule has 2 N–H and O–H groups in total. The highest BCUT2D eigenvalue weighted by Crippen LogP contribution is 2.46. The van der Waals surface area contributed by atoms with Crippen molar-refractivity contribution in [3.8, 4) is 16.5 Å². The molecule has 4 heterocycles. The van der Waals surface area contributed by atoms with Crippen LogP contribution >= 0.6 is 11.3 Å². The minimum atomic E-state index is -1.21. The Morgan fingerprint density at radius 1 is 1.08 bits per heavy atom. The number of rotatable bonds is 6. The van der Waals surface area contributed by atoms with E-state index in [9.17, 15) is 19.2 Å². The van der Waals surface area contributed by atoms with Crippen molar-refractivity contribution in [1.29, 1.82) is 0 Å². The maximum absolute atomic E-state index is 14.4. The number of fused-ring (bicyclic) bond motifs is 3. The Morgan fingerprint density at radius 3 is 2.58 bits per heavy atom. The van der Waals surface area contributed by atoms with Gasteiger partial charge in [0.2, 0.25) is 17.7 Å². The number of hydrogen-bond donors (Lipinski definition) is 2. The number of nitrogens with zero attached hydrogens (tertiary/aromatic N) is 3. The molecule has 2 unspecified atom stereocenters. The summed E-state index contributed by atoms with van der Waals surface area (Å²) in [5.74, 6) is -1.31. The van der Waals surface area contributed by atoms with E-state index in [0.717, 1.165) is 24.1 Å². The molecule has 1 saturated carbocycles. The number of thiophene rings is 1. The number of ether oxygens (including phenoxy) is 3. The van der Waals surface area contributed by atoms with Gasteiger partial charge in [0.15, 0.2) is 0 Å². The molecule has 3 aliphatic rings. The number of aromatic nitrogens is 2. The summed E-state index contributed by atoms with van der Waals surface area (Å²) < 4.78 is 17.5. The summed E-state index contributed by atoms with van der Waals surface area (Å²) in [5.41, 5.74) is -0.0443. The molecule has 1 aliphatic carbocycles. The zero-order chi connectivity index (χ0) is 35.5. The van der Waals surface area contributed by atoms with Crippen LogP contribution < -0.4 is 15.4 Å². The van der Waals surface area contributed by atoms with Gasteiger partial charge in [-0.1, -0.05) is 43.2 Å². The lowest BCUT2D eigenvalue weighted by molar-refractivity contribution is -0.150. The van der Waals surface area contributed by atoms with Crippen molar-refractivity contribution in [1.82, 2.24) is 25.5 Å². The van der Waals surface area contributed by atoms with Crippen LogP contribution in [0.4, 0.5) is 4.79 Å². The molecule has 3 aromatic rings. The zero-order valence-corrected chi connectivity index (χ0v) is 29.8. The third kappa shape index (κ3) is 7.93. The molecule has 6 rings (SSSR count). The van der Waals surface area contributed by atoms with Gasteiger partial charge in [0, 0.05) is 12.3 Å². The Bertz CT molecular complexity index is 1760. The highest BCUT2D eigenvalue weighted by Gasteiger charge is 2.62. The van der Waals surface area contributed by atoms with E-state index in [1.165, 1.54) is 16.2 Å². The van der Waals surface area contributed by atoms with E-state index in [1.807, 2.05) is 53.9 Å². The highest BCUT2D eigenvalue weighted by atomic mass is 32.1. The average molecular weight is 704 g/mol. The van der Waals surface area contributed by atoms with Gasteiger partial charge < -0.3 is 29.7 Å². The minimum absolute atomic E-state index is 0.0531. The molecule has 1 aromatic carbocycles. The van der Waals surface area contributed by atoms with Crippen molar-refractivity contribution in [3.05, 3.63) is 53.9 Å². The molecule has 0 bridgehead atoms. The summed E-state index contributed by atoms with van der Waals surface area (Å²) in [7, 11) is 0. The number of carbonyl (C=O) groups is 4. The van der Waals surface area contributed by atoms with E-state index in [4.69, 9.17) is 24.2 Å². The van der Waals surface area contributed by atoms with Gasteiger partial charge >= 0.3 is 12.1 Å². The lowest BCUT2D eigenvalue weighted by Crippen LogP contribution is -2.56. The van der Waals surface area contributed by atoms with Gasteiger partial charge in [0.05, 0.1) is 29.1 Å². The monoisotopic (exact) mass is 703 g/mol. The van der Waals surface area contributed by atoms with Gasteiger partial charge in [0.25, 0.3) is 0 Å². The van der Waals surface area contributed by atoms with E-state index in [0.29, 0.717) is 41.9 Å². The molecular formula is C37H45N5O7S. The number of hydrogen-bond acceptors (Lipinski definition) is 10. The van der Waals surface area contributed by atoms with Crippen molar-refractivity contribution in [3.63, 3.8) is 0 Å². The molecule has 0 radical (unpaired) electrons. The van der Waals surface area contributed by atoms with Gasteiger partial charge in [-0.15, -0.1) is 11.3 Å². The van der Waals surface area contributed by atoms with Gasteiger partial charge in [-0.3, -0.25) is 9.59 Å². The predicted molar refractivity (Wildman–Crippen MR) is 188 cm³/mol. The Labute approximate surface area is 296 Å². The smallest absolute Gasteiger partial charge is 0.408 e. The highest BCUT2D eigenvalue weighted by molar-refractivity contribution is 7.13. The number of esters is 1. The minimum Gasteiger partial charge on any atom is -0.471 e. The van der Waals surface area contributed by atoms with Crippen molar-refractivity contribution in [2.45, 2.75) is 102 Å². The number of nitrogens with one attached hydrogen (secondary N) is 2. The normalized spacial score (nSPS) is 26.4. The summed E-state index contributed by atoms with van der Waals surface area (Å²) in [6.07, 6.45) is 6.76. The second kappa shape index (κ2) is 14.8. The molecule has 50 heavy (non-hydrogen) atoms. The van der Waals surface area contributed by atoms with E-state index in [2.05, 4.69) is 10.6 Å². The summed E-state index contributed by atoms with van der Waals surface area (Å²) in [5, 5.41) is 7.72. The molecule has 12 nitrogen and oxygen atoms in total. The molecule has 2 aromatic heterocycles. The number of para-hydroxylation sites is 2. The quantitative estimate of drug-likeness (QED) is 0.249. The van der Waals surface area contributed by atoms with Crippen LogP contribution in [0.15, 0.2) is 53.9 Å². The van der Waals surface area contributed by atoms with E-state index in [-0.39, 0.29) is 25.5 Å². The number of alkyl carbamates (subject to hydrolysis) is 1. The molecule has 2 aliphatic heterocycles. The first kappa shape index (κ1) is 35.3. The van der Waals surface area contributed by atoms with Crippen LogP contribution in [-0.2, 0) is 23.9 Å². The standard InChI is InChI=1S/C37H45N5O7S/c1-5-47-34(45)37-21-23(37)14-9-7-6-8-10-17-27(40-35(46)49-36(2,3)4)33(44)42-22-24(20-28(42)31(43)41-37)48-32-30(29-18-13-19-50-29)38-25-15-11-12-16-26(25)39-32/h9,11-16,18-19,23-24,27-28H,5-8,10,17,20-22H2,1-4H3,(H,40,46)(H,41,43)/b14-9-/t23?,24-,27+,28?,37-/m1/s1. The average Bonchev–Trinajstić information content (AvgIpc) is 3.38. The molecule has 2 fully saturated rings. The summed E-state index contributed by atoms with van der Waals surface area (Å²) in [4.78, 5) is 66.9. The Morgan fingerprint density at radius 2 is 1.86 bits per heavy atom. The SMILES string of the molecule is CCOC(=O)[C@@]12CC1/C=C\CCCCC[C@H](NC(=O)OC(C)(C)C)C(=O)N1C[C@H](Oc3nc4ccccc4nc3-c3cccs3)CC1C(=O)N2. The Balaban J connectivity index is 1.33. The molecule has 1 saturated heterocycles. The van der Waals surface area contributed by atoms with Crippen molar-refractivity contribution in [2.24, 2.45) is 5.92 Å². The first-order chi connectivity index (χ1) is 24.0. The van der Waals surface area contributed by atoms with Crippen molar-refractivity contribution in [2.75, 3.05) is 13.2 Å². The van der Waals surface area contributed by atoms with Crippen LogP contribution in [0.2, 0.25) is 0 Å². The lowest BCUT2D eigenvalue weighted by atomic mass is 10.0. The van der Waals surface area contributed by atoms with Crippen LogP contribution in [0.5, 0.6) is 5.88 Å². The first-order valence-electron chi connectivity index (χ1n) is 17.4. The maximum atomic E-state index is 14.4. The topological polar surface area (TPSA) is 149 Å². The van der Waals surface area contributed by atoms with Crippen molar-refractivity contribution < 1.29 is 33.4 Å². The molecule has 5 atom stereocenters. The summed E-state index contributed by atoms with van der Waals surface area (Å²) >= 11 is 1.50. The van der Waals surface area contributed by atoms with Gasteiger partial charge in [-0.2, -0.15) is 0 Å². The largest absolute Gasteiger partial charge is 0.471 e. The zero-order valence-electron chi connectivity index (χ0n) is 29.0. The van der Waals surface area contributed by atoms with Crippen LogP contribution in [0, 0.1) is 5.92 Å². The van der Waals surface area contributed by atoms with Gasteiger partial charge in [-0.25, -0.2) is 19.6 Å². The van der Waals surface area contributed by atoms with E-state index in [1.54, 1.807) is 27.7 Å². The third-order valence-electron chi connectivity index (χ3n) is 9.14. The van der Waals surface area contributed by atoms with Gasteiger partial charge in [0.1, 0.15) is 35.0 Å². The van der Waals surface area contributed by atoms with Crippen LogP contribution in [-0.4, -0.2) is 81.2 Å². The lowest BCUT2D eigenvalue weighted by Gasteiger charge is -2.30. The maximum Gasteiger partial charge on any atom is 0.408 e. The van der Waals surface area contributed by atoms with Crippen LogP contribution in [0.25, 0.3) is 21.6 Å². The Hall–Kier alpha value is -4.52. The van der Waals surface area contributed by atoms with Crippen LogP contribution in [0.1, 0.15) is 72.6 Å². The Kier molecular flexibility index (Phi) is 10.4. The number of benzene rings is 1. The molecular weight excluding hydrogens is 659 g/mol. The fourth-order valence-electron chi connectivity index (χ4n) is 6.64. The van der Waals surface area contributed by atoms with Crippen LogP contribution in [0.3, 0.4) is 0 Å². The van der Waals surface area contributed by atoms with E-state index >= 15 is 0 Å².